The van der Waals surface area contributed by atoms with Crippen LogP contribution in [0.15, 0.2) is 24.3 Å². The smallest absolute Gasteiger partial charge is 0.428 e. The zero-order valence-corrected chi connectivity index (χ0v) is 10.3. The first kappa shape index (κ1) is 18.8. The first-order chi connectivity index (χ1) is 8.54. The minimum absolute atomic E-state index is 0. The Balaban J connectivity index is 0.00000361. The molecule has 1 rings (SSSR count). The van der Waals surface area contributed by atoms with E-state index in [0.717, 1.165) is 12.1 Å². The quantitative estimate of drug-likeness (QED) is 0.851. The van der Waals surface area contributed by atoms with Crippen molar-refractivity contribution in [3.05, 3.63) is 29.8 Å². The van der Waals surface area contributed by atoms with Crippen LogP contribution in [0.3, 0.4) is 0 Å². The van der Waals surface area contributed by atoms with E-state index in [1.165, 1.54) is 0 Å². The molecule has 0 unspecified atom stereocenters. The van der Waals surface area contributed by atoms with Crippen molar-refractivity contribution in [1.29, 1.82) is 0 Å². The number of ether oxygens (including phenoxy) is 1. The second-order valence-electron chi connectivity index (χ2n) is 3.55. The van der Waals surface area contributed by atoms with Gasteiger partial charge in [0.25, 0.3) is 0 Å². The van der Waals surface area contributed by atoms with Gasteiger partial charge in [-0.25, -0.2) is 0 Å². The molecular formula is C10H9ClF7NO. The van der Waals surface area contributed by atoms with Crippen LogP contribution in [0.2, 0.25) is 0 Å². The van der Waals surface area contributed by atoms with Gasteiger partial charge < -0.3 is 10.5 Å². The molecular weight excluding hydrogens is 319 g/mol. The van der Waals surface area contributed by atoms with Crippen molar-refractivity contribution in [2.75, 3.05) is 0 Å². The monoisotopic (exact) mass is 327 g/mol. The summed E-state index contributed by atoms with van der Waals surface area (Å²) in [6, 6.07) is 0.663. The topological polar surface area (TPSA) is 35.2 Å². The summed E-state index contributed by atoms with van der Waals surface area (Å²) in [4.78, 5) is 0. The molecule has 0 saturated carbocycles. The maximum atomic E-state index is 12.5. The molecule has 2 N–H and O–H groups in total. The summed E-state index contributed by atoms with van der Waals surface area (Å²) in [5, 5.41) is 0. The molecule has 0 radical (unpaired) electrons. The lowest BCUT2D eigenvalue weighted by atomic mass is 10.1. The van der Waals surface area contributed by atoms with Gasteiger partial charge in [-0.15, -0.1) is 12.4 Å². The number of benzene rings is 1. The third-order valence-electron chi connectivity index (χ3n) is 2.10. The summed E-state index contributed by atoms with van der Waals surface area (Å²) in [6.45, 7) is 0. The minimum atomic E-state index is -4.71. The largest absolute Gasteiger partial charge is 0.461 e. The Labute approximate surface area is 115 Å². The Morgan fingerprint density at radius 3 is 1.75 bits per heavy atom. The van der Waals surface area contributed by atoms with Gasteiger partial charge in [0.2, 0.25) is 0 Å². The zero-order chi connectivity index (χ0) is 14.8. The SMILES string of the molecule is Cl.N[C@H](c1ccc(OC(F)(F)C(F)F)cc1)C(F)(F)F. The molecule has 0 aromatic heterocycles. The van der Waals surface area contributed by atoms with Crippen LogP contribution >= 0.6 is 12.4 Å². The van der Waals surface area contributed by atoms with Crippen LogP contribution in [0.5, 0.6) is 5.75 Å². The highest BCUT2D eigenvalue weighted by Gasteiger charge is 2.44. The van der Waals surface area contributed by atoms with Crippen molar-refractivity contribution < 1.29 is 35.5 Å². The molecule has 0 aliphatic heterocycles. The van der Waals surface area contributed by atoms with Crippen LogP contribution in [0.4, 0.5) is 30.7 Å². The predicted octanol–water partition coefficient (Wildman–Crippen LogP) is 3.91. The summed E-state index contributed by atoms with van der Waals surface area (Å²) >= 11 is 0. The summed E-state index contributed by atoms with van der Waals surface area (Å²) in [5.74, 6) is -0.691. The third-order valence-corrected chi connectivity index (χ3v) is 2.10. The van der Waals surface area contributed by atoms with E-state index in [1.54, 1.807) is 0 Å². The maximum absolute atomic E-state index is 12.5. The van der Waals surface area contributed by atoms with E-state index >= 15 is 0 Å². The van der Waals surface area contributed by atoms with Crippen LogP contribution in [-0.4, -0.2) is 18.7 Å². The predicted molar refractivity (Wildman–Crippen MR) is 58.3 cm³/mol. The zero-order valence-electron chi connectivity index (χ0n) is 9.50. The van der Waals surface area contributed by atoms with E-state index in [9.17, 15) is 30.7 Å². The first-order valence-corrected chi connectivity index (χ1v) is 4.81. The second-order valence-corrected chi connectivity index (χ2v) is 3.55. The van der Waals surface area contributed by atoms with Crippen LogP contribution in [0.1, 0.15) is 11.6 Å². The Kier molecular flexibility index (Phi) is 6.09. The molecule has 10 heteroatoms. The van der Waals surface area contributed by atoms with Crippen LogP contribution in [0, 0.1) is 0 Å². The molecule has 0 aliphatic rings. The molecule has 1 aromatic carbocycles. The molecule has 0 spiro atoms. The van der Waals surface area contributed by atoms with E-state index in [1.807, 2.05) is 0 Å². The van der Waals surface area contributed by atoms with Crippen molar-refractivity contribution in [3.8, 4) is 5.75 Å². The van der Waals surface area contributed by atoms with Gasteiger partial charge >= 0.3 is 18.7 Å². The van der Waals surface area contributed by atoms with E-state index in [-0.39, 0.29) is 12.4 Å². The molecule has 0 fully saturated rings. The molecule has 0 heterocycles. The Bertz CT molecular complexity index is 421. The number of rotatable bonds is 4. The number of halogens is 8. The van der Waals surface area contributed by atoms with Gasteiger partial charge in [0.1, 0.15) is 11.8 Å². The molecule has 20 heavy (non-hydrogen) atoms. The highest BCUT2D eigenvalue weighted by Crippen LogP contribution is 2.32. The van der Waals surface area contributed by atoms with Gasteiger partial charge in [0.15, 0.2) is 0 Å². The van der Waals surface area contributed by atoms with E-state index in [2.05, 4.69) is 4.74 Å². The van der Waals surface area contributed by atoms with Crippen molar-refractivity contribution in [2.45, 2.75) is 24.8 Å². The van der Waals surface area contributed by atoms with Gasteiger partial charge in [-0.3, -0.25) is 0 Å². The summed E-state index contributed by atoms with van der Waals surface area (Å²) in [6.07, 6.45) is -13.5. The van der Waals surface area contributed by atoms with E-state index in [0.29, 0.717) is 12.1 Å². The fourth-order valence-corrected chi connectivity index (χ4v) is 1.13. The fraction of sp³-hybridized carbons (Fsp3) is 0.400. The summed E-state index contributed by atoms with van der Waals surface area (Å²) < 4.78 is 89.0. The standard InChI is InChI=1S/C10H8F7NO.ClH/c11-8(12)10(16,17)19-6-3-1-5(2-4-6)7(18)9(13,14)15;/h1-4,7-8H,18H2;1H/t7-;/m1./s1. The van der Waals surface area contributed by atoms with Crippen molar-refractivity contribution >= 4 is 12.4 Å². The fourth-order valence-electron chi connectivity index (χ4n) is 1.13. The summed E-state index contributed by atoms with van der Waals surface area (Å²) in [7, 11) is 0. The van der Waals surface area contributed by atoms with Crippen LogP contribution < -0.4 is 10.5 Å². The molecule has 1 aromatic rings. The van der Waals surface area contributed by atoms with Gasteiger partial charge in [0.05, 0.1) is 0 Å². The van der Waals surface area contributed by atoms with Crippen molar-refractivity contribution in [1.82, 2.24) is 0 Å². The first-order valence-electron chi connectivity index (χ1n) is 4.81. The number of hydrogen-bond donors (Lipinski definition) is 1. The third kappa shape index (κ3) is 4.71. The highest BCUT2D eigenvalue weighted by molar-refractivity contribution is 5.85. The number of alkyl halides is 7. The van der Waals surface area contributed by atoms with Crippen molar-refractivity contribution in [2.24, 2.45) is 5.73 Å². The average molecular weight is 328 g/mol. The molecule has 0 bridgehead atoms. The lowest BCUT2D eigenvalue weighted by molar-refractivity contribution is -0.253. The van der Waals surface area contributed by atoms with Gasteiger partial charge in [-0.05, 0) is 17.7 Å². The van der Waals surface area contributed by atoms with Gasteiger partial charge in [0, 0.05) is 0 Å². The summed E-state index contributed by atoms with van der Waals surface area (Å²) in [5.41, 5.74) is 4.46. The second kappa shape index (κ2) is 6.49. The van der Waals surface area contributed by atoms with Gasteiger partial charge in [-0.1, -0.05) is 12.1 Å². The lowest BCUT2D eigenvalue weighted by Gasteiger charge is -2.18. The Morgan fingerprint density at radius 1 is 0.950 bits per heavy atom. The number of nitrogens with two attached hydrogens (primary N) is 1. The van der Waals surface area contributed by atoms with E-state index in [4.69, 9.17) is 5.73 Å². The lowest BCUT2D eigenvalue weighted by Crippen LogP contribution is -2.33. The molecule has 1 atom stereocenters. The molecule has 0 aliphatic carbocycles. The Morgan fingerprint density at radius 2 is 1.40 bits per heavy atom. The number of hydrogen-bond acceptors (Lipinski definition) is 2. The maximum Gasteiger partial charge on any atom is 0.461 e. The molecule has 116 valence electrons. The molecule has 2 nitrogen and oxygen atoms in total. The Hall–Kier alpha value is -1.22. The average Bonchev–Trinajstić information content (AvgIpc) is 2.27. The molecule has 0 amide bonds. The normalized spacial score (nSPS) is 13.8. The van der Waals surface area contributed by atoms with Gasteiger partial charge in [-0.2, -0.15) is 30.7 Å². The van der Waals surface area contributed by atoms with E-state index < -0.39 is 36.1 Å². The minimum Gasteiger partial charge on any atom is -0.428 e. The molecule has 0 saturated heterocycles. The van der Waals surface area contributed by atoms with Crippen LogP contribution in [0.25, 0.3) is 0 Å². The van der Waals surface area contributed by atoms with Crippen molar-refractivity contribution in [3.63, 3.8) is 0 Å². The van der Waals surface area contributed by atoms with Crippen LogP contribution in [-0.2, 0) is 0 Å². The highest BCUT2D eigenvalue weighted by atomic mass is 35.5.